The predicted molar refractivity (Wildman–Crippen MR) is 157 cm³/mol. The normalized spacial score (nSPS) is 14.4. The molecule has 42 heavy (non-hydrogen) atoms. The number of esters is 1. The van der Waals surface area contributed by atoms with Crippen molar-refractivity contribution in [3.63, 3.8) is 0 Å². The third kappa shape index (κ3) is 7.70. The summed E-state index contributed by atoms with van der Waals surface area (Å²) >= 11 is 0. The van der Waals surface area contributed by atoms with Crippen LogP contribution >= 0.6 is 0 Å². The van der Waals surface area contributed by atoms with Crippen molar-refractivity contribution in [1.82, 2.24) is 33.9 Å². The van der Waals surface area contributed by atoms with Crippen LogP contribution in [0.3, 0.4) is 0 Å². The van der Waals surface area contributed by atoms with Crippen molar-refractivity contribution in [3.05, 3.63) is 28.3 Å². The number of H-pyrrole nitrogens is 1. The average molecular weight is 608 g/mol. The van der Waals surface area contributed by atoms with Crippen molar-refractivity contribution in [2.45, 2.75) is 52.5 Å². The molecule has 14 nitrogen and oxygen atoms in total. The van der Waals surface area contributed by atoms with Gasteiger partial charge >= 0.3 is 5.97 Å². The van der Waals surface area contributed by atoms with Gasteiger partial charge in [0.1, 0.15) is 16.2 Å². The van der Waals surface area contributed by atoms with Crippen LogP contribution in [-0.4, -0.2) is 108 Å². The zero-order chi connectivity index (χ0) is 30.9. The Hall–Kier alpha value is -3.40. The zero-order valence-corrected chi connectivity index (χ0v) is 26.0. The van der Waals surface area contributed by atoms with Gasteiger partial charge in [0.15, 0.2) is 5.52 Å². The van der Waals surface area contributed by atoms with Crippen LogP contribution in [0.15, 0.2) is 22.0 Å². The summed E-state index contributed by atoms with van der Waals surface area (Å²) in [5.41, 5.74) is 1.34. The highest BCUT2D eigenvalue weighted by Gasteiger charge is 2.30. The molecule has 0 bridgehead atoms. The first-order chi connectivity index (χ1) is 20.1. The first-order valence-electron chi connectivity index (χ1n) is 14.1. The highest BCUT2D eigenvalue weighted by molar-refractivity contribution is 7.89. The van der Waals surface area contributed by atoms with Gasteiger partial charge in [-0.15, -0.1) is 0 Å². The number of aryl methyl sites for hydroxylation is 1. The lowest BCUT2D eigenvalue weighted by Gasteiger charge is -2.33. The van der Waals surface area contributed by atoms with Crippen LogP contribution < -0.4 is 10.3 Å². The quantitative estimate of drug-likeness (QED) is 0.316. The van der Waals surface area contributed by atoms with E-state index in [0.29, 0.717) is 70.0 Å². The van der Waals surface area contributed by atoms with Gasteiger partial charge in [0.05, 0.1) is 43.8 Å². The van der Waals surface area contributed by atoms with Gasteiger partial charge in [-0.25, -0.2) is 18.4 Å². The molecule has 0 spiro atoms. The molecule has 3 aromatic heterocycles. The number of hydrogen-bond acceptors (Lipinski definition) is 11. The van der Waals surface area contributed by atoms with Crippen LogP contribution in [0.5, 0.6) is 5.88 Å². The lowest BCUT2D eigenvalue weighted by atomic mass is 10.2. The lowest BCUT2D eigenvalue weighted by Crippen LogP contribution is -2.48. The van der Waals surface area contributed by atoms with Crippen LogP contribution in [0.2, 0.25) is 0 Å². The molecule has 1 fully saturated rings. The number of rotatable bonds is 11. The summed E-state index contributed by atoms with van der Waals surface area (Å²) in [5.74, 6) is 0.161. The SMILES string of the molecule is CCOC(C)=O.CCOc1ncc(S(=O)(=O)N2CCN(CC)CC2)cc1-c1nc2c(CC)n(CCOC)nc2c(=O)[nH]1. The number of carbonyl (C=O) groups is 1. The molecule has 4 heterocycles. The van der Waals surface area contributed by atoms with Crippen LogP contribution in [0.1, 0.15) is 40.3 Å². The number of pyridine rings is 1. The number of piperazine rings is 1. The van der Waals surface area contributed by atoms with E-state index < -0.39 is 15.6 Å². The van der Waals surface area contributed by atoms with Gasteiger partial charge in [-0.05, 0) is 32.9 Å². The minimum Gasteiger partial charge on any atom is -0.477 e. The second kappa shape index (κ2) is 15.2. The van der Waals surface area contributed by atoms with Crippen LogP contribution in [0.4, 0.5) is 0 Å². The van der Waals surface area contributed by atoms with Crippen LogP contribution in [0, 0.1) is 0 Å². The highest BCUT2D eigenvalue weighted by atomic mass is 32.2. The molecule has 0 radical (unpaired) electrons. The number of methoxy groups -OCH3 is 1. The fourth-order valence-corrected chi connectivity index (χ4v) is 5.93. The van der Waals surface area contributed by atoms with E-state index in [2.05, 4.69) is 31.6 Å². The molecule has 1 saturated heterocycles. The Balaban J connectivity index is 0.000000730. The van der Waals surface area contributed by atoms with Crippen molar-refractivity contribution in [2.24, 2.45) is 0 Å². The molecule has 1 N–H and O–H groups in total. The maximum absolute atomic E-state index is 13.4. The van der Waals surface area contributed by atoms with E-state index in [0.717, 1.165) is 12.2 Å². The van der Waals surface area contributed by atoms with Gasteiger partial charge in [-0.2, -0.15) is 9.40 Å². The molecule has 0 aliphatic carbocycles. The standard InChI is InChI=1S/C23H33N7O5S.C4H8O2/c1-5-18-19-20(27-30(18)12-13-34-4)22(31)26-21(25-19)17-14-16(15-24-23(17)35-7-3)36(32,33)29-10-8-28(6-2)9-11-29;1-3-6-4(2)5/h14-15H,5-13H2,1-4H3,(H,25,26,31);3H2,1-2H3. The molecule has 0 unspecified atom stereocenters. The molecule has 1 aliphatic rings. The first-order valence-corrected chi connectivity index (χ1v) is 15.5. The van der Waals surface area contributed by atoms with Crippen molar-refractivity contribution in [1.29, 1.82) is 0 Å². The van der Waals surface area contributed by atoms with E-state index in [1.165, 1.54) is 23.5 Å². The smallest absolute Gasteiger partial charge is 0.302 e. The second-order valence-corrected chi connectivity index (χ2v) is 11.3. The van der Waals surface area contributed by atoms with E-state index in [4.69, 9.17) is 14.5 Å². The Morgan fingerprint density at radius 1 is 1.07 bits per heavy atom. The zero-order valence-electron chi connectivity index (χ0n) is 25.2. The summed E-state index contributed by atoms with van der Waals surface area (Å²) in [6.45, 7) is 13.7. The number of fused-ring (bicyclic) bond motifs is 1. The number of hydrogen-bond donors (Lipinski definition) is 1. The average Bonchev–Trinajstić information content (AvgIpc) is 3.34. The summed E-state index contributed by atoms with van der Waals surface area (Å²) < 4.78 is 45.3. The van der Waals surface area contributed by atoms with Crippen molar-refractivity contribution in [3.8, 4) is 17.3 Å². The van der Waals surface area contributed by atoms with E-state index in [1.54, 1.807) is 25.6 Å². The Morgan fingerprint density at radius 2 is 1.79 bits per heavy atom. The molecule has 0 amide bonds. The molecular formula is C27H41N7O7S. The topological polar surface area (TPSA) is 162 Å². The molecule has 15 heteroatoms. The minimum atomic E-state index is -3.79. The highest BCUT2D eigenvalue weighted by Crippen LogP contribution is 2.30. The van der Waals surface area contributed by atoms with Gasteiger partial charge in [-0.3, -0.25) is 14.3 Å². The Labute approximate surface area is 246 Å². The number of aromatic nitrogens is 5. The number of nitrogens with zero attached hydrogens (tertiary/aromatic N) is 6. The Bertz CT molecular complexity index is 1510. The third-order valence-corrected chi connectivity index (χ3v) is 8.53. The fraction of sp³-hybridized carbons (Fsp3) is 0.593. The lowest BCUT2D eigenvalue weighted by molar-refractivity contribution is -0.140. The maximum atomic E-state index is 13.4. The fourth-order valence-electron chi connectivity index (χ4n) is 4.54. The molecule has 1 aliphatic heterocycles. The third-order valence-electron chi connectivity index (χ3n) is 6.67. The molecule has 4 rings (SSSR count). The molecule has 232 valence electrons. The summed E-state index contributed by atoms with van der Waals surface area (Å²) in [7, 11) is -2.19. The molecule has 3 aromatic rings. The van der Waals surface area contributed by atoms with Crippen molar-refractivity contribution < 1.29 is 27.4 Å². The van der Waals surface area contributed by atoms with Crippen molar-refractivity contribution in [2.75, 3.05) is 59.7 Å². The largest absolute Gasteiger partial charge is 0.477 e. The van der Waals surface area contributed by atoms with Gasteiger partial charge < -0.3 is 24.1 Å². The first kappa shape index (κ1) is 33.1. The van der Waals surface area contributed by atoms with Gasteiger partial charge in [0.2, 0.25) is 15.9 Å². The van der Waals surface area contributed by atoms with Crippen molar-refractivity contribution >= 4 is 27.0 Å². The van der Waals surface area contributed by atoms with Gasteiger partial charge in [-0.1, -0.05) is 13.8 Å². The van der Waals surface area contributed by atoms with E-state index in [-0.39, 0.29) is 28.1 Å². The number of carbonyl (C=O) groups excluding carboxylic acids is 1. The number of aromatic amines is 1. The summed E-state index contributed by atoms with van der Waals surface area (Å²) in [6, 6.07) is 1.48. The monoisotopic (exact) mass is 607 g/mol. The predicted octanol–water partition coefficient (Wildman–Crippen LogP) is 1.68. The number of sulfonamides is 1. The second-order valence-electron chi connectivity index (χ2n) is 9.35. The van der Waals surface area contributed by atoms with E-state index >= 15 is 0 Å². The number of ether oxygens (including phenoxy) is 3. The van der Waals surface area contributed by atoms with E-state index in [9.17, 15) is 18.0 Å². The number of likely N-dealkylation sites (N-methyl/N-ethyl adjacent to an activating group) is 1. The summed E-state index contributed by atoms with van der Waals surface area (Å²) in [5, 5.41) is 4.42. The summed E-state index contributed by atoms with van der Waals surface area (Å²) in [6.07, 6.45) is 1.90. The molecule has 0 atom stereocenters. The molecule has 0 saturated carbocycles. The maximum Gasteiger partial charge on any atom is 0.302 e. The number of nitrogens with one attached hydrogen (secondary N) is 1. The Kier molecular flexibility index (Phi) is 12.0. The van der Waals surface area contributed by atoms with Gasteiger partial charge in [0, 0.05) is 40.2 Å². The molecular weight excluding hydrogens is 566 g/mol. The van der Waals surface area contributed by atoms with E-state index in [1.807, 2.05) is 6.92 Å². The Morgan fingerprint density at radius 3 is 2.33 bits per heavy atom. The molecule has 0 aromatic carbocycles. The van der Waals surface area contributed by atoms with Gasteiger partial charge in [0.25, 0.3) is 5.56 Å². The minimum absolute atomic E-state index is 0.0279. The van der Waals surface area contributed by atoms with Crippen LogP contribution in [0.25, 0.3) is 22.4 Å². The van der Waals surface area contributed by atoms with Crippen LogP contribution in [-0.2, 0) is 37.3 Å². The summed E-state index contributed by atoms with van der Waals surface area (Å²) in [4.78, 5) is 36.8.